The molecule has 0 bridgehead atoms. The number of unbranched alkanes of at least 4 members (excludes halogenated alkanes) is 2. The first-order valence-corrected chi connectivity index (χ1v) is 12.8. The topological polar surface area (TPSA) is 79.3 Å². The van der Waals surface area contributed by atoms with Crippen LogP contribution in [-0.2, 0) is 9.59 Å². The molecule has 1 N–H and O–H groups in total. The molecule has 0 aliphatic carbocycles. The van der Waals surface area contributed by atoms with Crippen LogP contribution in [0, 0.1) is 11.7 Å². The third-order valence-corrected chi connectivity index (χ3v) is 7.15. The lowest BCUT2D eigenvalue weighted by Crippen LogP contribution is -2.42. The van der Waals surface area contributed by atoms with Gasteiger partial charge >= 0.3 is 5.97 Å². The van der Waals surface area contributed by atoms with E-state index in [1.165, 1.54) is 12.1 Å². The van der Waals surface area contributed by atoms with E-state index in [0.29, 0.717) is 36.7 Å². The summed E-state index contributed by atoms with van der Waals surface area (Å²) in [6, 6.07) is 10.9. The first kappa shape index (κ1) is 25.9. The number of carboxylic acid groups (broad SMARTS) is 1. The fourth-order valence-corrected chi connectivity index (χ4v) is 5.30. The predicted molar refractivity (Wildman–Crippen MR) is 134 cm³/mol. The third kappa shape index (κ3) is 5.64. The number of ether oxygens (including phenoxy) is 2. The molecule has 1 fully saturated rings. The number of carbonyl (C=O) groups is 2. The van der Waals surface area contributed by atoms with Gasteiger partial charge in [-0.05, 0) is 48.2 Å². The number of rotatable bonds is 11. The fraction of sp³-hybridized carbons (Fsp3) is 0.500. The highest BCUT2D eigenvalue weighted by molar-refractivity contribution is 5.79. The molecule has 0 unspecified atom stereocenters. The summed E-state index contributed by atoms with van der Waals surface area (Å²) in [7, 11) is 0. The Balaban J connectivity index is 1.67. The van der Waals surface area contributed by atoms with Crippen LogP contribution in [-0.4, -0.2) is 59.8 Å². The number of amides is 1. The Morgan fingerprint density at radius 1 is 1.03 bits per heavy atom. The molecular formula is C28H35FN2O5. The number of halogens is 1. The molecule has 0 radical (unpaired) electrons. The number of carboxylic acids is 1. The Labute approximate surface area is 211 Å². The van der Waals surface area contributed by atoms with Crippen molar-refractivity contribution in [3.05, 3.63) is 59.4 Å². The van der Waals surface area contributed by atoms with Gasteiger partial charge in [-0.2, -0.15) is 0 Å². The van der Waals surface area contributed by atoms with E-state index in [4.69, 9.17) is 9.47 Å². The summed E-state index contributed by atoms with van der Waals surface area (Å²) < 4.78 is 25.2. The van der Waals surface area contributed by atoms with Gasteiger partial charge in [-0.1, -0.05) is 44.9 Å². The number of benzene rings is 2. The minimum atomic E-state index is -0.976. The summed E-state index contributed by atoms with van der Waals surface area (Å²) in [6.45, 7) is 6.12. The molecule has 36 heavy (non-hydrogen) atoms. The number of hydrogen-bond donors (Lipinski definition) is 1. The lowest BCUT2D eigenvalue weighted by atomic mass is 9.82. The summed E-state index contributed by atoms with van der Waals surface area (Å²) >= 11 is 0. The van der Waals surface area contributed by atoms with Gasteiger partial charge in [0.05, 0.1) is 12.5 Å². The van der Waals surface area contributed by atoms with Crippen molar-refractivity contribution in [3.8, 4) is 11.5 Å². The molecule has 0 saturated carbocycles. The molecule has 7 nitrogen and oxygen atoms in total. The average Bonchev–Trinajstić information content (AvgIpc) is 3.48. The zero-order valence-corrected chi connectivity index (χ0v) is 21.0. The highest BCUT2D eigenvalue weighted by Crippen LogP contribution is 2.47. The smallest absolute Gasteiger partial charge is 0.309 e. The lowest BCUT2D eigenvalue weighted by molar-refractivity contribution is -0.144. The predicted octanol–water partition coefficient (Wildman–Crippen LogP) is 4.82. The van der Waals surface area contributed by atoms with E-state index in [1.54, 1.807) is 18.2 Å². The SMILES string of the molecule is CCCCN(CCCC)C(=O)CN1C[C@H](c2ccc3c(c2)OCO3)[C@H](C(=O)O)[C@H]1c1cccc(F)c1. The lowest BCUT2D eigenvalue weighted by Gasteiger charge is -2.30. The maximum atomic E-state index is 14.2. The average molecular weight is 499 g/mol. The van der Waals surface area contributed by atoms with Crippen LogP contribution >= 0.6 is 0 Å². The summed E-state index contributed by atoms with van der Waals surface area (Å²) in [5.41, 5.74) is 1.36. The van der Waals surface area contributed by atoms with E-state index < -0.39 is 29.7 Å². The Morgan fingerprint density at radius 3 is 2.42 bits per heavy atom. The van der Waals surface area contributed by atoms with Crippen LogP contribution in [0.3, 0.4) is 0 Å². The van der Waals surface area contributed by atoms with Crippen molar-refractivity contribution in [2.45, 2.75) is 51.5 Å². The molecule has 3 atom stereocenters. The standard InChI is InChI=1S/C28H35FN2O5/c1-3-5-12-30(13-6-4-2)25(32)17-31-16-22(19-10-11-23-24(15-19)36-18-35-23)26(28(33)34)27(31)20-8-7-9-21(29)14-20/h7-11,14-15,22,26-27H,3-6,12-13,16-18H2,1-2H3,(H,33,34)/t22-,26+,27-/m1/s1. The molecule has 2 aliphatic rings. The summed E-state index contributed by atoms with van der Waals surface area (Å²) in [6.07, 6.45) is 3.80. The van der Waals surface area contributed by atoms with Crippen molar-refractivity contribution >= 4 is 11.9 Å². The molecule has 1 amide bonds. The molecule has 4 rings (SSSR count). The molecule has 2 aromatic rings. The van der Waals surface area contributed by atoms with Crippen LogP contribution in [0.5, 0.6) is 11.5 Å². The van der Waals surface area contributed by atoms with Crippen molar-refractivity contribution < 1.29 is 28.6 Å². The number of carbonyl (C=O) groups excluding carboxylic acids is 1. The molecule has 2 heterocycles. The number of nitrogens with zero attached hydrogens (tertiary/aromatic N) is 2. The Hall–Kier alpha value is -3.13. The van der Waals surface area contributed by atoms with E-state index in [2.05, 4.69) is 13.8 Å². The third-order valence-electron chi connectivity index (χ3n) is 7.15. The summed E-state index contributed by atoms with van der Waals surface area (Å²) in [4.78, 5) is 29.9. The van der Waals surface area contributed by atoms with Gasteiger partial charge in [-0.25, -0.2) is 4.39 Å². The zero-order valence-electron chi connectivity index (χ0n) is 21.0. The number of aliphatic carboxylic acids is 1. The first-order chi connectivity index (χ1) is 17.4. The maximum Gasteiger partial charge on any atom is 0.309 e. The molecule has 194 valence electrons. The van der Waals surface area contributed by atoms with Crippen molar-refractivity contribution in [1.82, 2.24) is 9.80 Å². The van der Waals surface area contributed by atoms with E-state index >= 15 is 0 Å². The highest BCUT2D eigenvalue weighted by atomic mass is 19.1. The Morgan fingerprint density at radius 2 is 1.75 bits per heavy atom. The largest absolute Gasteiger partial charge is 0.481 e. The van der Waals surface area contributed by atoms with E-state index in [1.807, 2.05) is 21.9 Å². The molecule has 0 spiro atoms. The molecule has 2 aliphatic heterocycles. The number of fused-ring (bicyclic) bond motifs is 1. The second-order valence-electron chi connectivity index (χ2n) is 9.60. The molecule has 2 aromatic carbocycles. The minimum absolute atomic E-state index is 0.0196. The van der Waals surface area contributed by atoms with Crippen molar-refractivity contribution in [1.29, 1.82) is 0 Å². The van der Waals surface area contributed by atoms with Crippen molar-refractivity contribution in [3.63, 3.8) is 0 Å². The van der Waals surface area contributed by atoms with Gasteiger partial charge in [-0.3, -0.25) is 14.5 Å². The van der Waals surface area contributed by atoms with E-state index in [-0.39, 0.29) is 19.2 Å². The Kier molecular flexibility index (Phi) is 8.46. The fourth-order valence-electron chi connectivity index (χ4n) is 5.30. The minimum Gasteiger partial charge on any atom is -0.481 e. The van der Waals surface area contributed by atoms with Crippen molar-refractivity contribution in [2.24, 2.45) is 5.92 Å². The van der Waals surface area contributed by atoms with Crippen molar-refractivity contribution in [2.75, 3.05) is 33.0 Å². The highest BCUT2D eigenvalue weighted by Gasteiger charge is 2.48. The molecule has 8 heteroatoms. The second-order valence-corrected chi connectivity index (χ2v) is 9.60. The zero-order chi connectivity index (χ0) is 25.7. The summed E-state index contributed by atoms with van der Waals surface area (Å²) in [5, 5.41) is 10.4. The first-order valence-electron chi connectivity index (χ1n) is 12.8. The number of hydrogen-bond acceptors (Lipinski definition) is 5. The van der Waals surface area contributed by atoms with Gasteiger partial charge < -0.3 is 19.5 Å². The van der Waals surface area contributed by atoms with Gasteiger partial charge in [0.15, 0.2) is 11.5 Å². The quantitative estimate of drug-likeness (QED) is 0.478. The van der Waals surface area contributed by atoms with Gasteiger partial charge in [0.2, 0.25) is 12.7 Å². The maximum absolute atomic E-state index is 14.2. The van der Waals surface area contributed by atoms with Crippen LogP contribution in [0.15, 0.2) is 42.5 Å². The second kappa shape index (κ2) is 11.7. The van der Waals surface area contributed by atoms with Crippen LogP contribution in [0.4, 0.5) is 4.39 Å². The van der Waals surface area contributed by atoms with Gasteiger partial charge in [0.1, 0.15) is 5.82 Å². The normalized spacial score (nSPS) is 21.0. The van der Waals surface area contributed by atoms with Gasteiger partial charge in [-0.15, -0.1) is 0 Å². The molecule has 0 aromatic heterocycles. The van der Waals surface area contributed by atoms with Crippen LogP contribution in [0.1, 0.15) is 62.6 Å². The Bertz CT molecular complexity index is 1070. The molecular weight excluding hydrogens is 463 g/mol. The number of likely N-dealkylation sites (tertiary alicyclic amines) is 1. The summed E-state index contributed by atoms with van der Waals surface area (Å²) in [5.74, 6) is -1.48. The van der Waals surface area contributed by atoms with Crippen LogP contribution in [0.25, 0.3) is 0 Å². The van der Waals surface area contributed by atoms with Gasteiger partial charge in [0.25, 0.3) is 0 Å². The van der Waals surface area contributed by atoms with E-state index in [9.17, 15) is 19.1 Å². The molecule has 1 saturated heterocycles. The van der Waals surface area contributed by atoms with Gasteiger partial charge in [0, 0.05) is 31.6 Å². The van der Waals surface area contributed by atoms with Crippen LogP contribution in [0.2, 0.25) is 0 Å². The van der Waals surface area contributed by atoms with E-state index in [0.717, 1.165) is 31.2 Å². The monoisotopic (exact) mass is 498 g/mol. The van der Waals surface area contributed by atoms with Crippen LogP contribution < -0.4 is 9.47 Å².